The number of benzene rings is 1. The molecule has 0 spiro atoms. The number of hydrogen-bond acceptors (Lipinski definition) is 3. The van der Waals surface area contributed by atoms with Gasteiger partial charge in [0.15, 0.2) is 0 Å². The van der Waals surface area contributed by atoms with Crippen LogP contribution in [-0.2, 0) is 9.53 Å². The standard InChI is InChI=1S/C17H26O3/c1-4-13(2)12-16(15-8-6-5-7-9-15)10-11-20-17(19)14(3)18/h5-9,13-14,16,18H,4,10-12H2,1-3H3. The number of ether oxygens (including phenoxy) is 1. The molecule has 0 aliphatic rings. The third-order valence-corrected chi connectivity index (χ3v) is 3.71. The summed E-state index contributed by atoms with van der Waals surface area (Å²) >= 11 is 0. The van der Waals surface area contributed by atoms with Gasteiger partial charge in [0.1, 0.15) is 6.10 Å². The minimum atomic E-state index is -1.04. The maximum Gasteiger partial charge on any atom is 0.334 e. The van der Waals surface area contributed by atoms with Crippen molar-refractivity contribution in [3.63, 3.8) is 0 Å². The Morgan fingerprint density at radius 1 is 1.25 bits per heavy atom. The predicted octanol–water partition coefficient (Wildman–Crippen LogP) is 3.52. The van der Waals surface area contributed by atoms with Gasteiger partial charge in [0.25, 0.3) is 0 Å². The summed E-state index contributed by atoms with van der Waals surface area (Å²) < 4.78 is 5.08. The molecule has 112 valence electrons. The van der Waals surface area contributed by atoms with Gasteiger partial charge in [-0.3, -0.25) is 0 Å². The van der Waals surface area contributed by atoms with Gasteiger partial charge in [0.05, 0.1) is 6.61 Å². The molecule has 0 fully saturated rings. The smallest absolute Gasteiger partial charge is 0.334 e. The molecule has 0 saturated carbocycles. The average molecular weight is 278 g/mol. The molecule has 1 aromatic carbocycles. The molecule has 3 atom stereocenters. The fraction of sp³-hybridized carbons (Fsp3) is 0.588. The summed E-state index contributed by atoms with van der Waals surface area (Å²) in [4.78, 5) is 11.3. The van der Waals surface area contributed by atoms with Gasteiger partial charge in [-0.25, -0.2) is 4.79 Å². The number of aliphatic hydroxyl groups excluding tert-OH is 1. The number of aliphatic hydroxyl groups is 1. The lowest BCUT2D eigenvalue weighted by Crippen LogP contribution is -2.20. The van der Waals surface area contributed by atoms with Crippen LogP contribution in [0, 0.1) is 5.92 Å². The van der Waals surface area contributed by atoms with Crippen LogP contribution in [0.1, 0.15) is 51.5 Å². The first-order chi connectivity index (χ1) is 9.54. The van der Waals surface area contributed by atoms with E-state index in [1.807, 2.05) is 18.2 Å². The molecule has 0 radical (unpaired) electrons. The minimum Gasteiger partial charge on any atom is -0.464 e. The average Bonchev–Trinajstić information content (AvgIpc) is 2.46. The monoisotopic (exact) mass is 278 g/mol. The Labute approximate surface area is 122 Å². The van der Waals surface area contributed by atoms with Crippen molar-refractivity contribution in [3.05, 3.63) is 35.9 Å². The number of carbonyl (C=O) groups excluding carboxylic acids is 1. The molecular formula is C17H26O3. The summed E-state index contributed by atoms with van der Waals surface area (Å²) in [6, 6.07) is 10.4. The topological polar surface area (TPSA) is 46.5 Å². The summed E-state index contributed by atoms with van der Waals surface area (Å²) in [6.45, 7) is 6.23. The maximum absolute atomic E-state index is 11.3. The highest BCUT2D eigenvalue weighted by Gasteiger charge is 2.16. The quantitative estimate of drug-likeness (QED) is 0.740. The molecule has 20 heavy (non-hydrogen) atoms. The molecule has 0 saturated heterocycles. The van der Waals surface area contributed by atoms with E-state index >= 15 is 0 Å². The summed E-state index contributed by atoms with van der Waals surface area (Å²) in [5, 5.41) is 9.11. The van der Waals surface area contributed by atoms with E-state index in [2.05, 4.69) is 26.0 Å². The first-order valence-electron chi connectivity index (χ1n) is 7.44. The molecule has 1 N–H and O–H groups in total. The lowest BCUT2D eigenvalue weighted by atomic mass is 9.86. The van der Waals surface area contributed by atoms with Crippen molar-refractivity contribution >= 4 is 5.97 Å². The molecular weight excluding hydrogens is 252 g/mol. The lowest BCUT2D eigenvalue weighted by molar-refractivity contribution is -0.152. The molecule has 3 nitrogen and oxygen atoms in total. The van der Waals surface area contributed by atoms with Crippen molar-refractivity contribution in [3.8, 4) is 0 Å². The molecule has 0 heterocycles. The zero-order valence-corrected chi connectivity index (χ0v) is 12.7. The predicted molar refractivity (Wildman–Crippen MR) is 80.5 cm³/mol. The summed E-state index contributed by atoms with van der Waals surface area (Å²) in [7, 11) is 0. The van der Waals surface area contributed by atoms with E-state index in [9.17, 15) is 4.79 Å². The number of carbonyl (C=O) groups is 1. The van der Waals surface area contributed by atoms with E-state index in [0.717, 1.165) is 19.3 Å². The van der Waals surface area contributed by atoms with Crippen LogP contribution in [0.15, 0.2) is 30.3 Å². The zero-order valence-electron chi connectivity index (χ0n) is 12.7. The Kier molecular flexibility index (Phi) is 7.31. The summed E-state index contributed by atoms with van der Waals surface area (Å²) in [6.07, 6.45) is 2.00. The van der Waals surface area contributed by atoms with Crippen molar-refractivity contribution in [1.29, 1.82) is 0 Å². The van der Waals surface area contributed by atoms with Gasteiger partial charge in [-0.2, -0.15) is 0 Å². The third kappa shape index (κ3) is 5.74. The van der Waals surface area contributed by atoms with Gasteiger partial charge >= 0.3 is 5.97 Å². The van der Waals surface area contributed by atoms with Crippen molar-refractivity contribution < 1.29 is 14.6 Å². The van der Waals surface area contributed by atoms with Crippen molar-refractivity contribution in [2.75, 3.05) is 6.61 Å². The van der Waals surface area contributed by atoms with Crippen LogP contribution in [-0.4, -0.2) is 23.8 Å². The van der Waals surface area contributed by atoms with Crippen LogP contribution in [0.4, 0.5) is 0 Å². The van der Waals surface area contributed by atoms with E-state index in [1.165, 1.54) is 12.5 Å². The first-order valence-corrected chi connectivity index (χ1v) is 7.44. The molecule has 0 amide bonds. The Morgan fingerprint density at radius 2 is 1.90 bits per heavy atom. The van der Waals surface area contributed by atoms with Gasteiger partial charge in [-0.05, 0) is 37.2 Å². The van der Waals surface area contributed by atoms with Gasteiger partial charge in [0, 0.05) is 0 Å². The summed E-state index contributed by atoms with van der Waals surface area (Å²) in [5.41, 5.74) is 1.29. The normalized spacial score (nSPS) is 15.4. The van der Waals surface area contributed by atoms with Gasteiger partial charge in [-0.15, -0.1) is 0 Å². The van der Waals surface area contributed by atoms with Crippen molar-refractivity contribution in [2.24, 2.45) is 5.92 Å². The Hall–Kier alpha value is -1.35. The summed E-state index contributed by atoms with van der Waals surface area (Å²) in [5.74, 6) is 0.501. The van der Waals surface area contributed by atoms with E-state index in [1.54, 1.807) is 0 Å². The Morgan fingerprint density at radius 3 is 2.45 bits per heavy atom. The van der Waals surface area contributed by atoms with Crippen LogP contribution >= 0.6 is 0 Å². The Balaban J connectivity index is 2.57. The Bertz CT molecular complexity index is 386. The highest BCUT2D eigenvalue weighted by molar-refractivity contribution is 5.73. The van der Waals surface area contributed by atoms with Crippen molar-refractivity contribution in [1.82, 2.24) is 0 Å². The second kappa shape index (κ2) is 8.75. The highest BCUT2D eigenvalue weighted by atomic mass is 16.5. The maximum atomic E-state index is 11.3. The molecule has 0 aromatic heterocycles. The number of hydrogen-bond donors (Lipinski definition) is 1. The van der Waals surface area contributed by atoms with Crippen LogP contribution in [0.3, 0.4) is 0 Å². The van der Waals surface area contributed by atoms with Crippen LogP contribution in [0.25, 0.3) is 0 Å². The second-order valence-electron chi connectivity index (χ2n) is 5.49. The molecule has 3 heteroatoms. The van der Waals surface area contributed by atoms with Gasteiger partial charge in [-0.1, -0.05) is 50.6 Å². The van der Waals surface area contributed by atoms with Crippen LogP contribution in [0.5, 0.6) is 0 Å². The molecule has 0 bridgehead atoms. The van der Waals surface area contributed by atoms with Crippen LogP contribution < -0.4 is 0 Å². The van der Waals surface area contributed by atoms with E-state index in [0.29, 0.717) is 18.4 Å². The van der Waals surface area contributed by atoms with Crippen molar-refractivity contribution in [2.45, 2.75) is 52.1 Å². The largest absolute Gasteiger partial charge is 0.464 e. The van der Waals surface area contributed by atoms with E-state index in [4.69, 9.17) is 9.84 Å². The fourth-order valence-electron chi connectivity index (χ4n) is 2.22. The fourth-order valence-corrected chi connectivity index (χ4v) is 2.22. The van der Waals surface area contributed by atoms with E-state index in [-0.39, 0.29) is 0 Å². The van der Waals surface area contributed by atoms with Gasteiger partial charge < -0.3 is 9.84 Å². The number of esters is 1. The SMILES string of the molecule is CCC(C)CC(CCOC(=O)C(C)O)c1ccccc1. The third-order valence-electron chi connectivity index (χ3n) is 3.71. The highest BCUT2D eigenvalue weighted by Crippen LogP contribution is 2.28. The molecule has 0 aliphatic heterocycles. The zero-order chi connectivity index (χ0) is 15.0. The minimum absolute atomic E-state index is 0.361. The van der Waals surface area contributed by atoms with E-state index < -0.39 is 12.1 Å². The first kappa shape index (κ1) is 16.7. The van der Waals surface area contributed by atoms with Gasteiger partial charge in [0.2, 0.25) is 0 Å². The second-order valence-corrected chi connectivity index (χ2v) is 5.49. The van der Waals surface area contributed by atoms with Crippen LogP contribution in [0.2, 0.25) is 0 Å². The molecule has 0 aliphatic carbocycles. The molecule has 3 unspecified atom stereocenters. The number of rotatable bonds is 8. The molecule has 1 rings (SSSR count). The molecule has 1 aromatic rings. The lowest BCUT2D eigenvalue weighted by Gasteiger charge is -2.21.